The van der Waals surface area contributed by atoms with Gasteiger partial charge in [0.25, 0.3) is 0 Å². The van der Waals surface area contributed by atoms with Crippen LogP contribution in [-0.4, -0.2) is 71.9 Å². The number of hydrogen-bond donors (Lipinski definition) is 2. The number of carbonyl (C=O) groups excluding carboxylic acids is 1. The SMILES string of the molecule is COCCN1CC(NC(=O)NC2C=CC(OC)=C3C24C=CC=CC4=CS3(=O)=O)C(c2ccccc2)C1. The smallest absolute Gasteiger partial charge is 0.315 e. The molecule has 36 heavy (non-hydrogen) atoms. The Morgan fingerprint density at radius 1 is 1.11 bits per heavy atom. The average Bonchev–Trinajstić information content (AvgIpc) is 3.39. The van der Waals surface area contributed by atoms with E-state index in [1.807, 2.05) is 30.4 Å². The second-order valence-electron chi connectivity index (χ2n) is 9.43. The van der Waals surface area contributed by atoms with Crippen LogP contribution < -0.4 is 10.6 Å². The third-order valence-electron chi connectivity index (χ3n) is 7.38. The van der Waals surface area contributed by atoms with Gasteiger partial charge in [0.05, 0.1) is 31.2 Å². The zero-order valence-electron chi connectivity index (χ0n) is 20.4. The number of allylic oxidation sites excluding steroid dienone is 4. The lowest BCUT2D eigenvalue weighted by Crippen LogP contribution is -2.54. The van der Waals surface area contributed by atoms with Gasteiger partial charge in [-0.05, 0) is 17.2 Å². The average molecular weight is 510 g/mol. The molecule has 1 saturated heterocycles. The van der Waals surface area contributed by atoms with Crippen LogP contribution in [0.5, 0.6) is 0 Å². The Morgan fingerprint density at radius 3 is 2.67 bits per heavy atom. The molecule has 4 aliphatic rings. The fraction of sp³-hybridized carbons (Fsp3) is 0.370. The van der Waals surface area contributed by atoms with Crippen LogP contribution in [0.1, 0.15) is 11.5 Å². The number of carbonyl (C=O) groups is 1. The lowest BCUT2D eigenvalue weighted by atomic mass is 9.69. The van der Waals surface area contributed by atoms with Gasteiger partial charge in [0.15, 0.2) is 0 Å². The minimum atomic E-state index is -3.70. The third kappa shape index (κ3) is 4.21. The molecule has 190 valence electrons. The first-order valence-electron chi connectivity index (χ1n) is 12.0. The fourth-order valence-electron chi connectivity index (χ4n) is 5.73. The number of hydrogen-bond acceptors (Lipinski definition) is 6. The van der Waals surface area contributed by atoms with Gasteiger partial charge in [0.1, 0.15) is 10.7 Å². The van der Waals surface area contributed by atoms with Crippen LogP contribution in [0, 0.1) is 5.41 Å². The van der Waals surface area contributed by atoms with Crippen molar-refractivity contribution < 1.29 is 22.7 Å². The zero-order chi connectivity index (χ0) is 25.3. The van der Waals surface area contributed by atoms with E-state index in [2.05, 4.69) is 27.7 Å². The summed E-state index contributed by atoms with van der Waals surface area (Å²) >= 11 is 0. The third-order valence-corrected chi connectivity index (χ3v) is 9.05. The quantitative estimate of drug-likeness (QED) is 0.587. The molecule has 5 rings (SSSR count). The highest BCUT2D eigenvalue weighted by molar-refractivity contribution is 7.98. The number of nitrogens with one attached hydrogen (secondary N) is 2. The van der Waals surface area contributed by atoms with Crippen molar-refractivity contribution >= 4 is 15.9 Å². The minimum Gasteiger partial charge on any atom is -0.496 e. The van der Waals surface area contributed by atoms with Gasteiger partial charge in [0, 0.05) is 38.1 Å². The number of ether oxygens (including phenoxy) is 2. The molecule has 1 aromatic rings. The largest absolute Gasteiger partial charge is 0.496 e. The molecule has 1 fully saturated rings. The monoisotopic (exact) mass is 509 g/mol. The van der Waals surface area contributed by atoms with Crippen molar-refractivity contribution in [3.05, 3.63) is 94.0 Å². The van der Waals surface area contributed by atoms with E-state index in [-0.39, 0.29) is 28.7 Å². The summed E-state index contributed by atoms with van der Waals surface area (Å²) < 4.78 is 36.9. The number of amides is 2. The van der Waals surface area contributed by atoms with E-state index < -0.39 is 21.3 Å². The number of rotatable bonds is 7. The molecule has 0 aromatic heterocycles. The van der Waals surface area contributed by atoms with Crippen molar-refractivity contribution in [2.24, 2.45) is 5.41 Å². The van der Waals surface area contributed by atoms with Gasteiger partial charge in [-0.1, -0.05) is 60.7 Å². The maximum Gasteiger partial charge on any atom is 0.315 e. The number of nitrogens with zero attached hydrogens (tertiary/aromatic N) is 1. The molecular weight excluding hydrogens is 478 g/mol. The molecule has 0 saturated carbocycles. The highest BCUT2D eigenvalue weighted by Gasteiger charge is 2.55. The summed E-state index contributed by atoms with van der Waals surface area (Å²) in [6, 6.07) is 9.12. The van der Waals surface area contributed by atoms with Crippen molar-refractivity contribution in [2.75, 3.05) is 40.5 Å². The number of urea groups is 1. The zero-order valence-corrected chi connectivity index (χ0v) is 21.2. The molecule has 1 spiro atoms. The van der Waals surface area contributed by atoms with Crippen molar-refractivity contribution in [2.45, 2.75) is 18.0 Å². The van der Waals surface area contributed by atoms with E-state index in [0.717, 1.165) is 13.1 Å². The summed E-state index contributed by atoms with van der Waals surface area (Å²) in [4.78, 5) is 15.8. The Bertz CT molecular complexity index is 1280. The molecule has 2 aliphatic heterocycles. The lowest BCUT2D eigenvalue weighted by molar-refractivity contribution is 0.159. The van der Waals surface area contributed by atoms with E-state index in [4.69, 9.17) is 9.47 Å². The molecule has 2 heterocycles. The summed E-state index contributed by atoms with van der Waals surface area (Å²) in [6.45, 7) is 2.92. The molecule has 8 nitrogen and oxygen atoms in total. The Hall–Kier alpha value is -3.14. The molecular formula is C27H31N3O5S. The summed E-state index contributed by atoms with van der Waals surface area (Å²) in [7, 11) is -0.565. The Labute approximate surface area is 211 Å². The normalized spacial score (nSPS) is 30.1. The van der Waals surface area contributed by atoms with Gasteiger partial charge < -0.3 is 20.1 Å². The van der Waals surface area contributed by atoms with Crippen LogP contribution in [0.25, 0.3) is 0 Å². The molecule has 1 aromatic carbocycles. The fourth-order valence-corrected chi connectivity index (χ4v) is 7.67. The Kier molecular flexibility index (Phi) is 6.63. The van der Waals surface area contributed by atoms with Gasteiger partial charge in [-0.3, -0.25) is 4.90 Å². The Morgan fingerprint density at radius 2 is 1.92 bits per heavy atom. The van der Waals surface area contributed by atoms with E-state index >= 15 is 0 Å². The molecule has 0 bridgehead atoms. The predicted octanol–water partition coefficient (Wildman–Crippen LogP) is 2.62. The number of likely N-dealkylation sites (tertiary alicyclic amines) is 1. The van der Waals surface area contributed by atoms with Crippen LogP contribution in [-0.2, 0) is 19.3 Å². The van der Waals surface area contributed by atoms with Crippen LogP contribution in [0.2, 0.25) is 0 Å². The van der Waals surface area contributed by atoms with Gasteiger partial charge >= 0.3 is 6.03 Å². The maximum atomic E-state index is 13.4. The van der Waals surface area contributed by atoms with Crippen molar-refractivity contribution in [3.8, 4) is 0 Å². The van der Waals surface area contributed by atoms with Gasteiger partial charge in [0.2, 0.25) is 9.84 Å². The van der Waals surface area contributed by atoms with Crippen molar-refractivity contribution in [1.82, 2.24) is 15.5 Å². The van der Waals surface area contributed by atoms with Gasteiger partial charge in [-0.25, -0.2) is 13.2 Å². The van der Waals surface area contributed by atoms with Gasteiger partial charge in [-0.2, -0.15) is 0 Å². The van der Waals surface area contributed by atoms with Crippen LogP contribution in [0.3, 0.4) is 0 Å². The van der Waals surface area contributed by atoms with Gasteiger partial charge in [-0.15, -0.1) is 0 Å². The van der Waals surface area contributed by atoms with E-state index in [1.165, 1.54) is 18.1 Å². The van der Waals surface area contributed by atoms with Crippen LogP contribution >= 0.6 is 0 Å². The lowest BCUT2D eigenvalue weighted by Gasteiger charge is -2.40. The molecule has 4 atom stereocenters. The molecule has 2 amide bonds. The molecule has 9 heteroatoms. The second kappa shape index (κ2) is 9.72. The summed E-state index contributed by atoms with van der Waals surface area (Å²) in [5.74, 6) is 0.414. The van der Waals surface area contributed by atoms with Crippen LogP contribution in [0.4, 0.5) is 4.79 Å². The molecule has 2 N–H and O–H groups in total. The number of sulfone groups is 1. The first-order valence-corrected chi connectivity index (χ1v) is 13.6. The molecule has 2 aliphatic carbocycles. The maximum absolute atomic E-state index is 13.4. The Balaban J connectivity index is 1.38. The van der Waals surface area contributed by atoms with E-state index in [1.54, 1.807) is 31.4 Å². The standard InChI is InChI=1S/C27H31N3O5S/c1-34-15-14-30-16-21(19-8-4-3-5-9-19)22(17-30)28-26(31)29-24-12-11-23(35-2)25-27(24)13-7-6-10-20(27)18-36(25,32)33/h3-13,18,21-22,24H,14-17H2,1-2H3,(H2,28,29,31). The highest BCUT2D eigenvalue weighted by atomic mass is 32.2. The first kappa shape index (κ1) is 24.5. The highest BCUT2D eigenvalue weighted by Crippen LogP contribution is 2.54. The van der Waals surface area contributed by atoms with E-state index in [9.17, 15) is 13.2 Å². The summed E-state index contributed by atoms with van der Waals surface area (Å²) in [6.07, 6.45) is 10.7. The molecule has 4 unspecified atom stereocenters. The predicted molar refractivity (Wildman–Crippen MR) is 138 cm³/mol. The second-order valence-corrected chi connectivity index (χ2v) is 11.2. The number of methoxy groups -OCH3 is 2. The topological polar surface area (TPSA) is 97.0 Å². The van der Waals surface area contributed by atoms with Crippen molar-refractivity contribution in [1.29, 1.82) is 0 Å². The summed E-state index contributed by atoms with van der Waals surface area (Å²) in [5.41, 5.74) is 0.739. The first-order chi connectivity index (χ1) is 17.4. The van der Waals surface area contributed by atoms with E-state index in [0.29, 0.717) is 18.7 Å². The summed E-state index contributed by atoms with van der Waals surface area (Å²) in [5, 5.41) is 7.51. The number of benzene rings is 1. The van der Waals surface area contributed by atoms with Crippen LogP contribution in [0.15, 0.2) is 88.4 Å². The minimum absolute atomic E-state index is 0.108. The van der Waals surface area contributed by atoms with Crippen molar-refractivity contribution in [3.63, 3.8) is 0 Å². The molecule has 0 radical (unpaired) electrons.